The number of sulfonamides is 1. The van der Waals surface area contributed by atoms with Crippen LogP contribution in [0.5, 0.6) is 0 Å². The molecule has 0 aliphatic heterocycles. The molecule has 0 bridgehead atoms. The van der Waals surface area contributed by atoms with E-state index < -0.39 is 16.1 Å². The highest BCUT2D eigenvalue weighted by molar-refractivity contribution is 7.92. The highest BCUT2D eigenvalue weighted by Gasteiger charge is 2.33. The van der Waals surface area contributed by atoms with Crippen molar-refractivity contribution < 1.29 is 22.5 Å². The molecular weight excluding hydrogens is 528 g/mol. The fraction of sp³-hybridized carbons (Fsp3) is 0.433. The van der Waals surface area contributed by atoms with Crippen LogP contribution in [-0.2, 0) is 26.2 Å². The van der Waals surface area contributed by atoms with E-state index in [2.05, 4.69) is 15.2 Å². The topological polar surface area (TPSA) is 122 Å². The average molecular weight is 569 g/mol. The Labute approximate surface area is 237 Å². The first-order valence-corrected chi connectivity index (χ1v) is 15.0. The van der Waals surface area contributed by atoms with Gasteiger partial charge in [0.1, 0.15) is 6.04 Å². The van der Waals surface area contributed by atoms with E-state index in [4.69, 9.17) is 4.52 Å². The molecule has 9 nitrogen and oxygen atoms in total. The summed E-state index contributed by atoms with van der Waals surface area (Å²) in [4.78, 5) is 28.0. The van der Waals surface area contributed by atoms with Gasteiger partial charge in [-0.05, 0) is 42.9 Å². The van der Waals surface area contributed by atoms with E-state index in [1.165, 1.54) is 6.07 Å². The molecule has 10 heteroatoms. The highest BCUT2D eigenvalue weighted by Crippen LogP contribution is 2.30. The molecule has 0 unspecified atom stereocenters. The third kappa shape index (κ3) is 7.10. The van der Waals surface area contributed by atoms with E-state index in [0.29, 0.717) is 28.8 Å². The molecule has 0 saturated carbocycles. The number of rotatable bonds is 12. The number of benzene rings is 2. The number of amides is 2. The Morgan fingerprint density at radius 2 is 1.68 bits per heavy atom. The first-order valence-electron chi connectivity index (χ1n) is 13.5. The van der Waals surface area contributed by atoms with Gasteiger partial charge in [0.2, 0.25) is 17.7 Å². The lowest BCUT2D eigenvalue weighted by molar-refractivity contribution is -0.143. The van der Waals surface area contributed by atoms with Crippen LogP contribution in [0.2, 0.25) is 0 Å². The first kappa shape index (κ1) is 30.9. The molecule has 0 aliphatic carbocycles. The fourth-order valence-corrected chi connectivity index (χ4v) is 5.78. The maximum atomic E-state index is 13.3. The molecule has 2 N–H and O–H groups in total. The Morgan fingerprint density at radius 1 is 1.02 bits per heavy atom. The summed E-state index contributed by atoms with van der Waals surface area (Å²) < 4.78 is 34.3. The van der Waals surface area contributed by atoms with Gasteiger partial charge in [0.25, 0.3) is 10.0 Å². The number of aromatic nitrogens is 1. The average Bonchev–Trinajstić information content (AvgIpc) is 3.23. The summed E-state index contributed by atoms with van der Waals surface area (Å²) in [6.45, 7) is 11.7. The maximum Gasteiger partial charge on any atom is 0.264 e. The molecule has 3 aromatic rings. The number of nitrogens with zero attached hydrogens (tertiary/aromatic N) is 2. The van der Waals surface area contributed by atoms with Crippen LogP contribution < -0.4 is 10.0 Å². The van der Waals surface area contributed by atoms with E-state index in [0.717, 1.165) is 12.0 Å². The summed E-state index contributed by atoms with van der Waals surface area (Å²) in [7, 11) is -2.38. The van der Waals surface area contributed by atoms with E-state index in [1.807, 2.05) is 52.0 Å². The van der Waals surface area contributed by atoms with Crippen molar-refractivity contribution in [1.29, 1.82) is 0 Å². The second-order valence-corrected chi connectivity index (χ2v) is 12.2. The third-order valence-corrected chi connectivity index (χ3v) is 8.50. The van der Waals surface area contributed by atoms with Crippen molar-refractivity contribution in [2.45, 2.75) is 71.9 Å². The zero-order valence-electron chi connectivity index (χ0n) is 24.3. The lowest BCUT2D eigenvalue weighted by atomic mass is 9.94. The summed E-state index contributed by atoms with van der Waals surface area (Å²) in [6, 6.07) is 13.5. The van der Waals surface area contributed by atoms with Gasteiger partial charge in [-0.15, -0.1) is 0 Å². The van der Waals surface area contributed by atoms with Gasteiger partial charge in [-0.2, -0.15) is 0 Å². The smallest absolute Gasteiger partial charge is 0.264 e. The summed E-state index contributed by atoms with van der Waals surface area (Å²) in [6.07, 6.45) is 1.08. The second-order valence-electron chi connectivity index (χ2n) is 10.6. The van der Waals surface area contributed by atoms with Gasteiger partial charge in [-0.3, -0.25) is 9.59 Å². The predicted octanol–water partition coefficient (Wildman–Crippen LogP) is 5.29. The molecule has 1 heterocycles. The van der Waals surface area contributed by atoms with Crippen molar-refractivity contribution in [3.05, 3.63) is 65.4 Å². The van der Waals surface area contributed by atoms with E-state index in [-0.39, 0.29) is 41.0 Å². The lowest BCUT2D eigenvalue weighted by Crippen LogP contribution is -2.51. The molecule has 0 saturated heterocycles. The van der Waals surface area contributed by atoms with Crippen LogP contribution in [0, 0.1) is 25.7 Å². The Hall–Kier alpha value is -3.66. The second kappa shape index (κ2) is 13.1. The van der Waals surface area contributed by atoms with Crippen LogP contribution in [0.1, 0.15) is 57.4 Å². The van der Waals surface area contributed by atoms with Gasteiger partial charge in [-0.1, -0.05) is 81.7 Å². The summed E-state index contributed by atoms with van der Waals surface area (Å²) in [5.74, 6) is -0.0609. The Kier molecular flexibility index (Phi) is 10.1. The normalized spacial score (nSPS) is 13.1. The minimum atomic E-state index is -3.97. The summed E-state index contributed by atoms with van der Waals surface area (Å²) in [5, 5.41) is 6.55. The summed E-state index contributed by atoms with van der Waals surface area (Å²) in [5.41, 5.74) is 3.28. The zero-order valence-corrected chi connectivity index (χ0v) is 25.1. The SMILES string of the molecule is CC[C@@H](C)[C@@H](C(=O)NC)N(Cc1ccc(-c2ccccc2S(=O)(=O)Nc2onc(C)c2C)cc1)C(=O)CC(C)C. The highest BCUT2D eigenvalue weighted by atomic mass is 32.2. The quantitative estimate of drug-likeness (QED) is 0.306. The Bertz CT molecular complexity index is 1430. The van der Waals surface area contributed by atoms with Gasteiger partial charge in [-0.25, -0.2) is 13.1 Å². The zero-order chi connectivity index (χ0) is 29.6. The molecule has 0 aliphatic rings. The standard InChI is InChI=1S/C30H40N4O5S/c1-8-20(4)28(29(36)31-7)34(27(35)17-19(2)3)18-23-13-15-24(16-14-23)25-11-9-10-12-26(25)40(37,38)33-30-21(5)22(6)32-39-30/h9-16,19-20,28,33H,8,17-18H2,1-7H3,(H,31,36)/t20-,28+/m1/s1. The van der Waals surface area contributed by atoms with E-state index >= 15 is 0 Å². The third-order valence-electron chi connectivity index (χ3n) is 7.12. The Morgan fingerprint density at radius 3 is 2.23 bits per heavy atom. The van der Waals surface area contributed by atoms with Gasteiger partial charge in [0.15, 0.2) is 0 Å². The van der Waals surface area contributed by atoms with E-state index in [1.54, 1.807) is 44.0 Å². The number of carbonyl (C=O) groups is 2. The fourth-order valence-electron chi connectivity index (χ4n) is 4.50. The number of likely N-dealkylation sites (N-methyl/N-ethyl adjacent to an activating group) is 1. The molecule has 1 aromatic heterocycles. The number of hydrogen-bond acceptors (Lipinski definition) is 6. The summed E-state index contributed by atoms with van der Waals surface area (Å²) >= 11 is 0. The van der Waals surface area contributed by atoms with E-state index in [9.17, 15) is 18.0 Å². The van der Waals surface area contributed by atoms with Crippen LogP contribution in [0.3, 0.4) is 0 Å². The minimum Gasteiger partial charge on any atom is -0.357 e. The van der Waals surface area contributed by atoms with Crippen molar-refractivity contribution >= 4 is 27.7 Å². The maximum absolute atomic E-state index is 13.3. The molecule has 0 fully saturated rings. The molecule has 0 radical (unpaired) electrons. The molecule has 0 spiro atoms. The molecule has 2 atom stereocenters. The molecule has 40 heavy (non-hydrogen) atoms. The molecule has 2 amide bonds. The predicted molar refractivity (Wildman–Crippen MR) is 156 cm³/mol. The number of carbonyl (C=O) groups excluding carboxylic acids is 2. The first-order chi connectivity index (χ1) is 18.9. The molecule has 3 rings (SSSR count). The van der Waals surface area contributed by atoms with Crippen molar-refractivity contribution in [1.82, 2.24) is 15.4 Å². The van der Waals surface area contributed by atoms with Crippen LogP contribution in [0.4, 0.5) is 5.88 Å². The monoisotopic (exact) mass is 568 g/mol. The molecular formula is C30H40N4O5S. The van der Waals surface area contributed by atoms with Crippen LogP contribution >= 0.6 is 0 Å². The largest absolute Gasteiger partial charge is 0.357 e. The van der Waals surface area contributed by atoms with Crippen LogP contribution in [-0.4, -0.2) is 43.4 Å². The number of aryl methyl sites for hydroxylation is 1. The van der Waals surface area contributed by atoms with Crippen LogP contribution in [0.25, 0.3) is 11.1 Å². The van der Waals surface area contributed by atoms with Crippen molar-refractivity contribution in [2.75, 3.05) is 11.8 Å². The van der Waals surface area contributed by atoms with Crippen molar-refractivity contribution in [3.63, 3.8) is 0 Å². The Balaban J connectivity index is 1.94. The number of hydrogen-bond donors (Lipinski definition) is 2. The van der Waals surface area contributed by atoms with Crippen molar-refractivity contribution in [3.8, 4) is 11.1 Å². The lowest BCUT2D eigenvalue weighted by Gasteiger charge is -2.35. The number of nitrogens with one attached hydrogen (secondary N) is 2. The van der Waals surface area contributed by atoms with Gasteiger partial charge in [0.05, 0.1) is 10.6 Å². The van der Waals surface area contributed by atoms with Gasteiger partial charge in [0, 0.05) is 31.1 Å². The van der Waals surface area contributed by atoms with Gasteiger partial charge < -0.3 is 14.7 Å². The molecule has 2 aromatic carbocycles. The van der Waals surface area contributed by atoms with Crippen molar-refractivity contribution in [2.24, 2.45) is 11.8 Å². The van der Waals surface area contributed by atoms with Gasteiger partial charge >= 0.3 is 0 Å². The minimum absolute atomic E-state index is 0.0308. The molecule has 216 valence electrons. The van der Waals surface area contributed by atoms with Crippen LogP contribution in [0.15, 0.2) is 57.9 Å². The number of anilines is 1.